The maximum Gasteiger partial charge on any atom is 0.124 e. The fourth-order valence-electron chi connectivity index (χ4n) is 2.91. The molecule has 0 bridgehead atoms. The summed E-state index contributed by atoms with van der Waals surface area (Å²) in [4.78, 5) is 0. The van der Waals surface area contributed by atoms with E-state index in [9.17, 15) is 0 Å². The van der Waals surface area contributed by atoms with Gasteiger partial charge in [-0.2, -0.15) is 0 Å². The van der Waals surface area contributed by atoms with E-state index in [0.717, 1.165) is 49.6 Å². The third kappa shape index (κ3) is 6.34. The number of unbranched alkanes of at least 4 members (excludes halogenated alkanes) is 1. The van der Waals surface area contributed by atoms with E-state index in [1.54, 1.807) is 0 Å². The number of rotatable bonds is 11. The molecule has 3 aromatic carbocycles. The van der Waals surface area contributed by atoms with Crippen LogP contribution in [0.25, 0.3) is 0 Å². The SMILES string of the molecule is CCCCOc1ccccc1CNc1ccc(OCCc2ccccc2)cc1. The molecule has 0 saturated carbocycles. The molecule has 146 valence electrons. The number of para-hydroxylation sites is 1. The summed E-state index contributed by atoms with van der Waals surface area (Å²) in [5.41, 5.74) is 3.53. The lowest BCUT2D eigenvalue weighted by Crippen LogP contribution is -2.04. The molecule has 0 aliphatic carbocycles. The van der Waals surface area contributed by atoms with E-state index in [1.165, 1.54) is 11.1 Å². The molecule has 0 unspecified atom stereocenters. The number of benzene rings is 3. The molecule has 0 aliphatic heterocycles. The number of hydrogen-bond acceptors (Lipinski definition) is 3. The first-order valence-corrected chi connectivity index (χ1v) is 10.1. The molecule has 3 nitrogen and oxygen atoms in total. The second-order valence-corrected chi connectivity index (χ2v) is 6.77. The van der Waals surface area contributed by atoms with E-state index in [1.807, 2.05) is 36.4 Å². The van der Waals surface area contributed by atoms with Crippen LogP contribution in [0.15, 0.2) is 78.9 Å². The third-order valence-corrected chi connectivity index (χ3v) is 4.57. The van der Waals surface area contributed by atoms with Crippen LogP contribution in [0.1, 0.15) is 30.9 Å². The zero-order valence-electron chi connectivity index (χ0n) is 16.6. The van der Waals surface area contributed by atoms with Crippen molar-refractivity contribution in [2.75, 3.05) is 18.5 Å². The summed E-state index contributed by atoms with van der Waals surface area (Å²) in [7, 11) is 0. The lowest BCUT2D eigenvalue weighted by molar-refractivity contribution is 0.306. The van der Waals surface area contributed by atoms with E-state index in [4.69, 9.17) is 9.47 Å². The second-order valence-electron chi connectivity index (χ2n) is 6.77. The van der Waals surface area contributed by atoms with Gasteiger partial charge in [-0.05, 0) is 42.3 Å². The molecular formula is C25H29NO2. The van der Waals surface area contributed by atoms with Crippen LogP contribution in [0.2, 0.25) is 0 Å². The molecule has 0 amide bonds. The molecule has 0 atom stereocenters. The number of hydrogen-bond donors (Lipinski definition) is 1. The van der Waals surface area contributed by atoms with Gasteiger partial charge in [0.2, 0.25) is 0 Å². The Bertz CT molecular complexity index is 815. The minimum absolute atomic E-state index is 0.680. The zero-order valence-corrected chi connectivity index (χ0v) is 16.6. The summed E-state index contributed by atoms with van der Waals surface area (Å²) >= 11 is 0. The molecule has 1 N–H and O–H groups in total. The number of anilines is 1. The van der Waals surface area contributed by atoms with Crippen molar-refractivity contribution in [3.63, 3.8) is 0 Å². The van der Waals surface area contributed by atoms with Crippen molar-refractivity contribution in [3.8, 4) is 11.5 Å². The summed E-state index contributed by atoms with van der Waals surface area (Å²) in [5, 5.41) is 3.47. The van der Waals surface area contributed by atoms with Gasteiger partial charge in [0, 0.05) is 24.2 Å². The van der Waals surface area contributed by atoms with E-state index in [0.29, 0.717) is 6.61 Å². The van der Waals surface area contributed by atoms with Crippen molar-refractivity contribution in [3.05, 3.63) is 90.0 Å². The Morgan fingerprint density at radius 3 is 2.29 bits per heavy atom. The first-order chi connectivity index (χ1) is 13.8. The molecule has 0 heterocycles. The fraction of sp³-hybridized carbons (Fsp3) is 0.280. The maximum absolute atomic E-state index is 5.91. The predicted molar refractivity (Wildman–Crippen MR) is 116 cm³/mol. The topological polar surface area (TPSA) is 30.5 Å². The van der Waals surface area contributed by atoms with Crippen molar-refractivity contribution in [1.29, 1.82) is 0 Å². The summed E-state index contributed by atoms with van der Waals surface area (Å²) in [6.45, 7) is 4.35. The van der Waals surface area contributed by atoms with Crippen molar-refractivity contribution >= 4 is 5.69 Å². The minimum Gasteiger partial charge on any atom is -0.493 e. The maximum atomic E-state index is 5.91. The second kappa shape index (κ2) is 11.0. The van der Waals surface area contributed by atoms with Crippen LogP contribution >= 0.6 is 0 Å². The van der Waals surface area contributed by atoms with Gasteiger partial charge >= 0.3 is 0 Å². The van der Waals surface area contributed by atoms with Crippen molar-refractivity contribution < 1.29 is 9.47 Å². The Balaban J connectivity index is 1.47. The normalized spacial score (nSPS) is 10.5. The molecule has 3 rings (SSSR count). The quantitative estimate of drug-likeness (QED) is 0.411. The first-order valence-electron chi connectivity index (χ1n) is 10.1. The zero-order chi connectivity index (χ0) is 19.4. The molecular weight excluding hydrogens is 346 g/mol. The monoisotopic (exact) mass is 375 g/mol. The Morgan fingerprint density at radius 1 is 0.750 bits per heavy atom. The summed E-state index contributed by atoms with van der Waals surface area (Å²) < 4.78 is 11.8. The van der Waals surface area contributed by atoms with Crippen LogP contribution in [0.4, 0.5) is 5.69 Å². The van der Waals surface area contributed by atoms with Gasteiger partial charge in [0.15, 0.2) is 0 Å². The Kier molecular flexibility index (Phi) is 7.80. The fourth-order valence-corrected chi connectivity index (χ4v) is 2.91. The highest BCUT2D eigenvalue weighted by atomic mass is 16.5. The van der Waals surface area contributed by atoms with Crippen LogP contribution < -0.4 is 14.8 Å². The standard InChI is InChI=1S/C25H29NO2/c1-2-3-18-28-25-12-8-7-11-22(25)20-26-23-13-15-24(16-14-23)27-19-17-21-9-5-4-6-10-21/h4-16,26H,2-3,17-20H2,1H3. The highest BCUT2D eigenvalue weighted by Crippen LogP contribution is 2.21. The average molecular weight is 376 g/mol. The van der Waals surface area contributed by atoms with Gasteiger partial charge in [-0.15, -0.1) is 0 Å². The molecule has 0 aromatic heterocycles. The van der Waals surface area contributed by atoms with E-state index >= 15 is 0 Å². The van der Waals surface area contributed by atoms with Crippen molar-refractivity contribution in [2.24, 2.45) is 0 Å². The van der Waals surface area contributed by atoms with Gasteiger partial charge < -0.3 is 14.8 Å². The van der Waals surface area contributed by atoms with Gasteiger partial charge in [0.05, 0.1) is 13.2 Å². The minimum atomic E-state index is 0.680. The van der Waals surface area contributed by atoms with Crippen LogP contribution in [-0.4, -0.2) is 13.2 Å². The molecule has 3 aromatic rings. The molecule has 0 saturated heterocycles. The summed E-state index contributed by atoms with van der Waals surface area (Å²) in [6, 6.07) is 26.7. The number of ether oxygens (including phenoxy) is 2. The molecule has 0 aliphatic rings. The molecule has 0 fully saturated rings. The van der Waals surface area contributed by atoms with E-state index < -0.39 is 0 Å². The molecule has 28 heavy (non-hydrogen) atoms. The third-order valence-electron chi connectivity index (χ3n) is 4.57. The van der Waals surface area contributed by atoms with Crippen LogP contribution in [-0.2, 0) is 13.0 Å². The van der Waals surface area contributed by atoms with Gasteiger partial charge in [0.1, 0.15) is 11.5 Å². The Morgan fingerprint density at radius 2 is 1.50 bits per heavy atom. The van der Waals surface area contributed by atoms with Crippen molar-refractivity contribution in [2.45, 2.75) is 32.7 Å². The van der Waals surface area contributed by atoms with Gasteiger partial charge in [-0.25, -0.2) is 0 Å². The molecule has 0 radical (unpaired) electrons. The number of nitrogens with one attached hydrogen (secondary N) is 1. The van der Waals surface area contributed by atoms with E-state index in [2.05, 4.69) is 54.7 Å². The Hall–Kier alpha value is -2.94. The largest absolute Gasteiger partial charge is 0.493 e. The molecule has 0 spiro atoms. The van der Waals surface area contributed by atoms with E-state index in [-0.39, 0.29) is 0 Å². The predicted octanol–water partition coefficient (Wildman–Crippen LogP) is 6.10. The average Bonchev–Trinajstić information content (AvgIpc) is 2.75. The summed E-state index contributed by atoms with van der Waals surface area (Å²) in [5.74, 6) is 1.86. The van der Waals surface area contributed by atoms with Gasteiger partial charge in [0.25, 0.3) is 0 Å². The molecule has 3 heteroatoms. The Labute approximate surface area is 168 Å². The highest BCUT2D eigenvalue weighted by Gasteiger charge is 2.03. The van der Waals surface area contributed by atoms with Gasteiger partial charge in [-0.1, -0.05) is 61.9 Å². The lowest BCUT2D eigenvalue weighted by Gasteiger charge is -2.13. The smallest absolute Gasteiger partial charge is 0.124 e. The summed E-state index contributed by atoms with van der Waals surface area (Å²) in [6.07, 6.45) is 3.13. The van der Waals surface area contributed by atoms with Crippen molar-refractivity contribution in [1.82, 2.24) is 0 Å². The van der Waals surface area contributed by atoms with Crippen LogP contribution in [0.5, 0.6) is 11.5 Å². The van der Waals surface area contributed by atoms with Crippen LogP contribution in [0.3, 0.4) is 0 Å². The highest BCUT2D eigenvalue weighted by molar-refractivity contribution is 5.48. The first kappa shape index (κ1) is 19.8. The van der Waals surface area contributed by atoms with Gasteiger partial charge in [-0.3, -0.25) is 0 Å². The lowest BCUT2D eigenvalue weighted by atomic mass is 10.2. The van der Waals surface area contributed by atoms with Crippen LogP contribution in [0, 0.1) is 0 Å².